The number of aromatic nitrogens is 4. The molecule has 3 N–H and O–H groups in total. The van der Waals surface area contributed by atoms with Crippen molar-refractivity contribution >= 4 is 6.03 Å². The molecule has 2 aromatic heterocycles. The molecule has 0 saturated carbocycles. The van der Waals surface area contributed by atoms with E-state index in [1.165, 1.54) is 0 Å². The minimum Gasteiger partial charge on any atom is -0.338 e. The molecule has 1 unspecified atom stereocenters. The van der Waals surface area contributed by atoms with E-state index in [2.05, 4.69) is 25.5 Å². The summed E-state index contributed by atoms with van der Waals surface area (Å²) >= 11 is 0. The van der Waals surface area contributed by atoms with E-state index in [4.69, 9.17) is 0 Å². The molecule has 1 aliphatic rings. The van der Waals surface area contributed by atoms with Gasteiger partial charge in [-0.25, -0.2) is 14.7 Å². The van der Waals surface area contributed by atoms with Crippen molar-refractivity contribution in [2.75, 3.05) is 13.1 Å². The first-order valence-corrected chi connectivity index (χ1v) is 7.82. The fraction of sp³-hybridized carbons (Fsp3) is 0.467. The topological polar surface area (TPSA) is 107 Å². The van der Waals surface area contributed by atoms with Crippen molar-refractivity contribution in [2.45, 2.75) is 31.7 Å². The van der Waals surface area contributed by atoms with Crippen LogP contribution >= 0.6 is 0 Å². The van der Waals surface area contributed by atoms with Crippen molar-refractivity contribution in [1.29, 1.82) is 0 Å². The molecule has 23 heavy (non-hydrogen) atoms. The largest absolute Gasteiger partial charge is 0.340 e. The van der Waals surface area contributed by atoms with Crippen LogP contribution < -0.4 is 11.0 Å². The molecule has 2 amide bonds. The lowest BCUT2D eigenvalue weighted by molar-refractivity contribution is 0.151. The SMILES string of the molecule is O=C(NCCc1n[nH]c(=O)[nH]1)N1CCCCC1c1cccnc1. The molecule has 2 aromatic rings. The molecule has 1 atom stereocenters. The van der Waals surface area contributed by atoms with Crippen molar-refractivity contribution in [2.24, 2.45) is 0 Å². The number of piperidine rings is 1. The van der Waals surface area contributed by atoms with Gasteiger partial charge in [0, 0.05) is 31.9 Å². The van der Waals surface area contributed by atoms with Gasteiger partial charge in [0.15, 0.2) is 0 Å². The zero-order chi connectivity index (χ0) is 16.1. The van der Waals surface area contributed by atoms with Crippen LogP contribution in [0.25, 0.3) is 0 Å². The minimum absolute atomic E-state index is 0.0719. The highest BCUT2D eigenvalue weighted by Crippen LogP contribution is 2.30. The molecule has 1 saturated heterocycles. The molecule has 1 fully saturated rings. The fourth-order valence-electron chi connectivity index (χ4n) is 2.91. The molecule has 1 aliphatic heterocycles. The Morgan fingerprint density at radius 2 is 2.35 bits per heavy atom. The summed E-state index contributed by atoms with van der Waals surface area (Å²) < 4.78 is 0. The molecule has 122 valence electrons. The number of aromatic amines is 2. The number of pyridine rings is 1. The van der Waals surface area contributed by atoms with Crippen molar-refractivity contribution in [3.63, 3.8) is 0 Å². The molecule has 0 aliphatic carbocycles. The quantitative estimate of drug-likeness (QED) is 0.781. The summed E-state index contributed by atoms with van der Waals surface area (Å²) in [5.41, 5.74) is 0.734. The third-order valence-corrected chi connectivity index (χ3v) is 4.02. The Morgan fingerprint density at radius 3 is 3.09 bits per heavy atom. The summed E-state index contributed by atoms with van der Waals surface area (Å²) in [4.78, 5) is 32.0. The molecule has 0 aromatic carbocycles. The lowest BCUT2D eigenvalue weighted by Crippen LogP contribution is -2.45. The molecule has 8 heteroatoms. The molecule has 3 rings (SSSR count). The van der Waals surface area contributed by atoms with Gasteiger partial charge in [0.05, 0.1) is 6.04 Å². The van der Waals surface area contributed by atoms with Crippen LogP contribution in [0.1, 0.15) is 36.7 Å². The maximum Gasteiger partial charge on any atom is 0.340 e. The highest BCUT2D eigenvalue weighted by Gasteiger charge is 2.27. The summed E-state index contributed by atoms with van der Waals surface area (Å²) in [6, 6.07) is 3.89. The van der Waals surface area contributed by atoms with E-state index in [1.807, 2.05) is 23.2 Å². The first-order chi connectivity index (χ1) is 11.2. The highest BCUT2D eigenvalue weighted by atomic mass is 16.2. The van der Waals surface area contributed by atoms with Crippen LogP contribution in [0.2, 0.25) is 0 Å². The number of rotatable bonds is 4. The van der Waals surface area contributed by atoms with Gasteiger partial charge in [-0.15, -0.1) is 0 Å². The second kappa shape index (κ2) is 7.08. The number of nitrogens with one attached hydrogen (secondary N) is 3. The number of amides is 2. The van der Waals surface area contributed by atoms with E-state index in [1.54, 1.807) is 6.20 Å². The van der Waals surface area contributed by atoms with Gasteiger partial charge in [-0.2, -0.15) is 5.10 Å². The molecule has 0 bridgehead atoms. The van der Waals surface area contributed by atoms with E-state index in [9.17, 15) is 9.59 Å². The van der Waals surface area contributed by atoms with Gasteiger partial charge < -0.3 is 10.2 Å². The number of hydrogen-bond donors (Lipinski definition) is 3. The summed E-state index contributed by atoms with van der Waals surface area (Å²) in [6.07, 6.45) is 7.11. The number of carbonyl (C=O) groups excluding carboxylic acids is 1. The molecular formula is C15H20N6O2. The Hall–Kier alpha value is -2.64. The predicted octanol–water partition coefficient (Wildman–Crippen LogP) is 0.972. The number of carbonyl (C=O) groups is 1. The zero-order valence-corrected chi connectivity index (χ0v) is 12.8. The van der Waals surface area contributed by atoms with Crippen molar-refractivity contribution in [3.8, 4) is 0 Å². The molecular weight excluding hydrogens is 296 g/mol. The zero-order valence-electron chi connectivity index (χ0n) is 12.8. The van der Waals surface area contributed by atoms with Crippen LogP contribution in [0.15, 0.2) is 29.3 Å². The van der Waals surface area contributed by atoms with Gasteiger partial charge in [0.25, 0.3) is 0 Å². The highest BCUT2D eigenvalue weighted by molar-refractivity contribution is 5.74. The van der Waals surface area contributed by atoms with E-state index >= 15 is 0 Å². The fourth-order valence-corrected chi connectivity index (χ4v) is 2.91. The maximum absolute atomic E-state index is 12.5. The van der Waals surface area contributed by atoms with Crippen LogP contribution in [0.3, 0.4) is 0 Å². The van der Waals surface area contributed by atoms with Crippen molar-refractivity contribution < 1.29 is 4.79 Å². The summed E-state index contributed by atoms with van der Waals surface area (Å²) in [5.74, 6) is 0.540. The molecule has 0 radical (unpaired) electrons. The van der Waals surface area contributed by atoms with Gasteiger partial charge in [0.2, 0.25) is 0 Å². The maximum atomic E-state index is 12.5. The smallest absolute Gasteiger partial charge is 0.338 e. The average Bonchev–Trinajstić information content (AvgIpc) is 3.01. The lowest BCUT2D eigenvalue weighted by Gasteiger charge is -2.35. The van der Waals surface area contributed by atoms with Crippen LogP contribution in [0, 0.1) is 0 Å². The van der Waals surface area contributed by atoms with Gasteiger partial charge in [-0.05, 0) is 30.9 Å². The standard InChI is InChI=1S/C15H20N6O2/c22-14-18-13(19-20-14)6-8-17-15(23)21-9-2-1-5-12(21)11-4-3-7-16-10-11/h3-4,7,10,12H,1-2,5-6,8-9H2,(H,17,23)(H2,18,19,20,22). The van der Waals surface area contributed by atoms with E-state index in [0.717, 1.165) is 31.4 Å². The third-order valence-electron chi connectivity index (χ3n) is 4.02. The van der Waals surface area contributed by atoms with Crippen LogP contribution in [0.5, 0.6) is 0 Å². The number of hydrogen-bond acceptors (Lipinski definition) is 4. The third kappa shape index (κ3) is 3.77. The van der Waals surface area contributed by atoms with Gasteiger partial charge >= 0.3 is 11.7 Å². The van der Waals surface area contributed by atoms with Crippen LogP contribution in [-0.4, -0.2) is 44.2 Å². The minimum atomic E-state index is -0.334. The normalized spacial score (nSPS) is 17.9. The van der Waals surface area contributed by atoms with Crippen LogP contribution in [-0.2, 0) is 6.42 Å². The molecule has 8 nitrogen and oxygen atoms in total. The van der Waals surface area contributed by atoms with Gasteiger partial charge in [-0.3, -0.25) is 9.97 Å². The number of nitrogens with zero attached hydrogens (tertiary/aromatic N) is 3. The Kier molecular flexibility index (Phi) is 4.70. The average molecular weight is 316 g/mol. The first kappa shape index (κ1) is 15.3. The second-order valence-corrected chi connectivity index (χ2v) is 5.60. The Morgan fingerprint density at radius 1 is 1.43 bits per heavy atom. The van der Waals surface area contributed by atoms with Crippen molar-refractivity contribution in [3.05, 3.63) is 46.4 Å². The molecule has 3 heterocycles. The second-order valence-electron chi connectivity index (χ2n) is 5.60. The van der Waals surface area contributed by atoms with Crippen molar-refractivity contribution in [1.82, 2.24) is 30.4 Å². The number of H-pyrrole nitrogens is 2. The predicted molar refractivity (Wildman–Crippen MR) is 83.8 cm³/mol. The summed E-state index contributed by atoms with van der Waals surface area (Å²) in [6.45, 7) is 1.17. The number of likely N-dealkylation sites (tertiary alicyclic amines) is 1. The van der Waals surface area contributed by atoms with Gasteiger partial charge in [-0.1, -0.05) is 6.07 Å². The van der Waals surface area contributed by atoms with E-state index in [-0.39, 0.29) is 17.8 Å². The Bertz CT molecular complexity index is 695. The monoisotopic (exact) mass is 316 g/mol. The number of urea groups is 1. The lowest BCUT2D eigenvalue weighted by atomic mass is 9.97. The van der Waals surface area contributed by atoms with Crippen LogP contribution in [0.4, 0.5) is 4.79 Å². The van der Waals surface area contributed by atoms with Gasteiger partial charge in [0.1, 0.15) is 5.82 Å². The summed E-state index contributed by atoms with van der Waals surface area (Å²) in [5, 5.41) is 9.03. The van der Waals surface area contributed by atoms with E-state index in [0.29, 0.717) is 18.8 Å². The summed E-state index contributed by atoms with van der Waals surface area (Å²) in [7, 11) is 0. The van der Waals surface area contributed by atoms with E-state index < -0.39 is 0 Å². The Balaban J connectivity index is 1.59. The Labute approximate surface area is 133 Å². The first-order valence-electron chi connectivity index (χ1n) is 7.82. The molecule has 0 spiro atoms.